The lowest BCUT2D eigenvalue weighted by molar-refractivity contribution is 0.212. The van der Waals surface area contributed by atoms with Crippen LogP contribution in [-0.2, 0) is 6.42 Å². The Bertz CT molecular complexity index is 413. The van der Waals surface area contributed by atoms with Gasteiger partial charge in [0.25, 0.3) is 0 Å². The van der Waals surface area contributed by atoms with Crippen molar-refractivity contribution < 1.29 is 14.9 Å². The smallest absolute Gasteiger partial charge is 0.160 e. The lowest BCUT2D eigenvalue weighted by Gasteiger charge is -2.08. The number of phenolic OH excluding ortho intramolecular Hbond substituents is 1. The van der Waals surface area contributed by atoms with Crippen molar-refractivity contribution in [3.63, 3.8) is 0 Å². The Morgan fingerprint density at radius 1 is 1.30 bits per heavy atom. The minimum Gasteiger partial charge on any atom is -0.504 e. The van der Waals surface area contributed by atoms with Gasteiger partial charge in [-0.15, -0.1) is 0 Å². The highest BCUT2D eigenvalue weighted by Gasteiger charge is 2.05. The number of aliphatic hydroxyl groups is 1. The maximum atomic E-state index is 9.88. The molecule has 0 amide bonds. The van der Waals surface area contributed by atoms with Gasteiger partial charge in [0.15, 0.2) is 11.5 Å². The number of methoxy groups -OCH3 is 1. The van der Waals surface area contributed by atoms with E-state index in [0.717, 1.165) is 18.4 Å². The van der Waals surface area contributed by atoms with Crippen LogP contribution < -0.4 is 4.74 Å². The second-order valence-corrected chi connectivity index (χ2v) is 5.04. The molecule has 3 heteroatoms. The third-order valence-electron chi connectivity index (χ3n) is 3.31. The molecule has 2 N–H and O–H groups in total. The Labute approximate surface area is 121 Å². The lowest BCUT2D eigenvalue weighted by atomic mass is 10.1. The summed E-state index contributed by atoms with van der Waals surface area (Å²) in [7, 11) is 1.53. The van der Waals surface area contributed by atoms with Gasteiger partial charge in [-0.3, -0.25) is 0 Å². The molecule has 1 unspecified atom stereocenters. The highest BCUT2D eigenvalue weighted by molar-refractivity contribution is 5.41. The van der Waals surface area contributed by atoms with E-state index in [1.165, 1.54) is 26.4 Å². The monoisotopic (exact) mass is 278 g/mol. The van der Waals surface area contributed by atoms with E-state index in [9.17, 15) is 10.2 Å². The predicted octanol–water partition coefficient (Wildman–Crippen LogP) is 3.83. The van der Waals surface area contributed by atoms with Crippen LogP contribution in [0.4, 0.5) is 0 Å². The van der Waals surface area contributed by atoms with Gasteiger partial charge in [-0.2, -0.15) is 0 Å². The number of aliphatic hydroxyl groups excluding tert-OH is 1. The zero-order valence-corrected chi connectivity index (χ0v) is 12.5. The maximum absolute atomic E-state index is 9.88. The van der Waals surface area contributed by atoms with Crippen LogP contribution in [0.5, 0.6) is 11.5 Å². The standard InChI is InChI=1S/C17H26O3/c1-3-4-5-6-7-8-15(18)11-9-14-10-12-16(19)17(13-14)20-2/h7-8,10,12-13,15,18-19H,3-6,9,11H2,1-2H3/b8-7+. The molecule has 0 bridgehead atoms. The molecular weight excluding hydrogens is 252 g/mol. The molecule has 0 aliphatic heterocycles. The van der Waals surface area contributed by atoms with Gasteiger partial charge in [-0.25, -0.2) is 0 Å². The summed E-state index contributed by atoms with van der Waals surface area (Å²) in [6, 6.07) is 5.30. The summed E-state index contributed by atoms with van der Waals surface area (Å²) >= 11 is 0. The van der Waals surface area contributed by atoms with Gasteiger partial charge in [-0.1, -0.05) is 38.0 Å². The number of allylic oxidation sites excluding steroid dienone is 1. The quantitative estimate of drug-likeness (QED) is 0.533. The second-order valence-electron chi connectivity index (χ2n) is 5.04. The first-order valence-corrected chi connectivity index (χ1v) is 7.38. The van der Waals surface area contributed by atoms with Crippen molar-refractivity contribution >= 4 is 0 Å². The molecule has 112 valence electrons. The summed E-state index contributed by atoms with van der Waals surface area (Å²) in [4.78, 5) is 0. The predicted molar refractivity (Wildman–Crippen MR) is 82.3 cm³/mol. The summed E-state index contributed by atoms with van der Waals surface area (Å²) in [5.41, 5.74) is 1.05. The van der Waals surface area contributed by atoms with E-state index >= 15 is 0 Å². The number of aryl methyl sites for hydroxylation is 1. The highest BCUT2D eigenvalue weighted by Crippen LogP contribution is 2.26. The third kappa shape index (κ3) is 6.11. The minimum atomic E-state index is -0.406. The van der Waals surface area contributed by atoms with Crippen LogP contribution in [-0.4, -0.2) is 23.4 Å². The molecule has 0 aromatic heterocycles. The number of benzene rings is 1. The Balaban J connectivity index is 2.35. The van der Waals surface area contributed by atoms with Crippen LogP contribution in [0.15, 0.2) is 30.4 Å². The molecule has 1 aromatic carbocycles. The van der Waals surface area contributed by atoms with Gasteiger partial charge in [-0.05, 0) is 43.4 Å². The van der Waals surface area contributed by atoms with Gasteiger partial charge in [0.05, 0.1) is 13.2 Å². The summed E-state index contributed by atoms with van der Waals surface area (Å²) < 4.78 is 5.07. The Morgan fingerprint density at radius 2 is 2.10 bits per heavy atom. The van der Waals surface area contributed by atoms with E-state index in [0.29, 0.717) is 12.2 Å². The van der Waals surface area contributed by atoms with E-state index in [2.05, 4.69) is 13.0 Å². The molecule has 0 fully saturated rings. The Morgan fingerprint density at radius 3 is 2.80 bits per heavy atom. The molecule has 0 saturated carbocycles. The van der Waals surface area contributed by atoms with Crippen LogP contribution in [0.3, 0.4) is 0 Å². The zero-order valence-electron chi connectivity index (χ0n) is 12.5. The van der Waals surface area contributed by atoms with E-state index in [1.807, 2.05) is 18.2 Å². The van der Waals surface area contributed by atoms with Gasteiger partial charge >= 0.3 is 0 Å². The molecule has 0 spiro atoms. The molecule has 0 aliphatic carbocycles. The Kier molecular flexibility index (Phi) is 7.81. The molecule has 0 radical (unpaired) electrons. The van der Waals surface area contributed by atoms with Crippen molar-refractivity contribution in [3.8, 4) is 11.5 Å². The first-order valence-electron chi connectivity index (χ1n) is 7.38. The maximum Gasteiger partial charge on any atom is 0.160 e. The number of hydrogen-bond acceptors (Lipinski definition) is 3. The molecule has 1 rings (SSSR count). The topological polar surface area (TPSA) is 49.7 Å². The summed E-state index contributed by atoms with van der Waals surface area (Å²) in [5, 5.41) is 19.4. The number of aromatic hydroxyl groups is 1. The summed E-state index contributed by atoms with van der Waals surface area (Å²) in [6.45, 7) is 2.19. The van der Waals surface area contributed by atoms with Crippen molar-refractivity contribution in [3.05, 3.63) is 35.9 Å². The third-order valence-corrected chi connectivity index (χ3v) is 3.31. The summed E-state index contributed by atoms with van der Waals surface area (Å²) in [6.07, 6.45) is 9.68. The van der Waals surface area contributed by atoms with Crippen LogP contribution in [0.25, 0.3) is 0 Å². The molecule has 0 saturated heterocycles. The minimum absolute atomic E-state index is 0.146. The average Bonchev–Trinajstić information content (AvgIpc) is 2.46. The van der Waals surface area contributed by atoms with Gasteiger partial charge in [0, 0.05) is 0 Å². The first kappa shape index (κ1) is 16.6. The van der Waals surface area contributed by atoms with Gasteiger partial charge in [0.1, 0.15) is 0 Å². The van der Waals surface area contributed by atoms with E-state index in [1.54, 1.807) is 6.07 Å². The zero-order chi connectivity index (χ0) is 14.8. The number of rotatable bonds is 9. The average molecular weight is 278 g/mol. The fourth-order valence-corrected chi connectivity index (χ4v) is 2.05. The number of hydrogen-bond donors (Lipinski definition) is 2. The molecule has 0 heterocycles. The van der Waals surface area contributed by atoms with E-state index in [-0.39, 0.29) is 5.75 Å². The van der Waals surface area contributed by atoms with E-state index < -0.39 is 6.10 Å². The normalized spacial score (nSPS) is 12.8. The lowest BCUT2D eigenvalue weighted by Crippen LogP contribution is -2.04. The van der Waals surface area contributed by atoms with Crippen molar-refractivity contribution in [1.82, 2.24) is 0 Å². The van der Waals surface area contributed by atoms with Crippen molar-refractivity contribution in [1.29, 1.82) is 0 Å². The number of ether oxygens (including phenoxy) is 1. The van der Waals surface area contributed by atoms with E-state index in [4.69, 9.17) is 4.74 Å². The molecule has 0 aliphatic rings. The van der Waals surface area contributed by atoms with Crippen LogP contribution in [0.1, 0.15) is 44.6 Å². The molecule has 1 atom stereocenters. The highest BCUT2D eigenvalue weighted by atomic mass is 16.5. The van der Waals surface area contributed by atoms with Crippen molar-refractivity contribution in [2.45, 2.75) is 51.6 Å². The van der Waals surface area contributed by atoms with Crippen LogP contribution >= 0.6 is 0 Å². The van der Waals surface area contributed by atoms with Crippen molar-refractivity contribution in [2.24, 2.45) is 0 Å². The van der Waals surface area contributed by atoms with Gasteiger partial charge in [0.2, 0.25) is 0 Å². The molecular formula is C17H26O3. The largest absolute Gasteiger partial charge is 0.504 e. The van der Waals surface area contributed by atoms with Gasteiger partial charge < -0.3 is 14.9 Å². The second kappa shape index (κ2) is 9.43. The Hall–Kier alpha value is -1.48. The first-order chi connectivity index (χ1) is 9.67. The molecule has 1 aromatic rings. The molecule has 20 heavy (non-hydrogen) atoms. The SMILES string of the molecule is CCCCC/C=C/C(O)CCc1ccc(O)c(OC)c1. The number of phenols is 1. The fraction of sp³-hybridized carbons (Fsp3) is 0.529. The molecule has 3 nitrogen and oxygen atoms in total. The van der Waals surface area contributed by atoms with Crippen LogP contribution in [0.2, 0.25) is 0 Å². The fourth-order valence-electron chi connectivity index (χ4n) is 2.05. The van der Waals surface area contributed by atoms with Crippen molar-refractivity contribution in [2.75, 3.05) is 7.11 Å². The van der Waals surface area contributed by atoms with Crippen LogP contribution in [0, 0.1) is 0 Å². The number of unbranched alkanes of at least 4 members (excludes halogenated alkanes) is 3. The summed E-state index contributed by atoms with van der Waals surface area (Å²) in [5.74, 6) is 0.625.